The van der Waals surface area contributed by atoms with Crippen LogP contribution in [0.3, 0.4) is 0 Å². The number of hydrogen-bond acceptors (Lipinski definition) is 5. The summed E-state index contributed by atoms with van der Waals surface area (Å²) in [5.41, 5.74) is 6.92. The van der Waals surface area contributed by atoms with Gasteiger partial charge in [-0.05, 0) is 43.5 Å². The fraction of sp³-hybridized carbons (Fsp3) is 0.300. The Hall–Kier alpha value is -3.22. The Morgan fingerprint density at radius 3 is 2.74 bits per heavy atom. The lowest BCUT2D eigenvalue weighted by Crippen LogP contribution is -2.47. The van der Waals surface area contributed by atoms with Crippen molar-refractivity contribution in [2.24, 2.45) is 0 Å². The van der Waals surface area contributed by atoms with Crippen molar-refractivity contribution < 1.29 is 18.7 Å². The van der Waals surface area contributed by atoms with Gasteiger partial charge in [-0.2, -0.15) is 0 Å². The Morgan fingerprint density at radius 2 is 2.00 bits per heavy atom. The molecule has 1 aromatic heterocycles. The molecule has 3 heterocycles. The molecule has 7 nitrogen and oxygen atoms in total. The molecule has 27 heavy (non-hydrogen) atoms. The van der Waals surface area contributed by atoms with E-state index in [1.54, 1.807) is 30.3 Å². The number of rotatable bonds is 3. The van der Waals surface area contributed by atoms with Crippen molar-refractivity contribution in [1.29, 1.82) is 0 Å². The molecule has 2 amide bonds. The maximum Gasteiger partial charge on any atom is 0.294 e. The molecule has 4 rings (SSSR count). The third kappa shape index (κ3) is 3.53. The lowest BCUT2D eigenvalue weighted by atomic mass is 10.1. The number of ether oxygens (including phenoxy) is 1. The van der Waals surface area contributed by atoms with E-state index in [0.717, 1.165) is 32.4 Å². The zero-order valence-electron chi connectivity index (χ0n) is 14.9. The van der Waals surface area contributed by atoms with Crippen molar-refractivity contribution in [3.05, 3.63) is 48.1 Å². The highest BCUT2D eigenvalue weighted by Gasteiger charge is 2.33. The molecule has 0 saturated carbocycles. The van der Waals surface area contributed by atoms with Crippen LogP contribution < -0.4 is 15.4 Å². The molecule has 2 aliphatic rings. The number of nitrogens with two attached hydrogens (primary N) is 1. The summed E-state index contributed by atoms with van der Waals surface area (Å²) in [5, 5.41) is 0. The largest absolute Gasteiger partial charge is 0.465 e. The Bertz CT molecular complexity index is 883. The predicted octanol–water partition coefficient (Wildman–Crippen LogP) is 2.64. The minimum absolute atomic E-state index is 0.0331. The van der Waals surface area contributed by atoms with Crippen LogP contribution in [0.1, 0.15) is 25.0 Å². The van der Waals surface area contributed by atoms with E-state index in [2.05, 4.69) is 0 Å². The van der Waals surface area contributed by atoms with Gasteiger partial charge in [-0.3, -0.25) is 14.5 Å². The molecule has 1 saturated heterocycles. The van der Waals surface area contributed by atoms with E-state index in [9.17, 15) is 9.59 Å². The lowest BCUT2D eigenvalue weighted by molar-refractivity contribution is -0.132. The van der Waals surface area contributed by atoms with E-state index < -0.39 is 0 Å². The van der Waals surface area contributed by atoms with Crippen molar-refractivity contribution in [1.82, 2.24) is 4.90 Å². The number of hydrogen-bond donors (Lipinski definition) is 1. The molecule has 0 bridgehead atoms. The van der Waals surface area contributed by atoms with Crippen LogP contribution in [-0.4, -0.2) is 36.3 Å². The van der Waals surface area contributed by atoms with Gasteiger partial charge in [0.25, 0.3) is 5.91 Å². The fourth-order valence-corrected chi connectivity index (χ4v) is 3.37. The van der Waals surface area contributed by atoms with Gasteiger partial charge in [-0.15, -0.1) is 0 Å². The Morgan fingerprint density at radius 1 is 1.19 bits per heavy atom. The van der Waals surface area contributed by atoms with Gasteiger partial charge in [0.15, 0.2) is 11.5 Å². The molecule has 1 aromatic carbocycles. The SMILES string of the molecule is Nc1ccc2c(c1)O/C(=C/c1ccco1)C(=O)N2CC(=O)N1CCCCC1. The fourth-order valence-electron chi connectivity index (χ4n) is 3.37. The average molecular weight is 367 g/mol. The number of furan rings is 1. The minimum Gasteiger partial charge on any atom is -0.465 e. The summed E-state index contributed by atoms with van der Waals surface area (Å²) >= 11 is 0. The first-order valence-electron chi connectivity index (χ1n) is 9.04. The second-order valence-corrected chi connectivity index (χ2v) is 6.69. The second-order valence-electron chi connectivity index (χ2n) is 6.69. The molecule has 2 aromatic rings. The summed E-state index contributed by atoms with van der Waals surface area (Å²) < 4.78 is 11.0. The van der Waals surface area contributed by atoms with Crippen LogP contribution in [0.25, 0.3) is 6.08 Å². The van der Waals surface area contributed by atoms with E-state index in [1.807, 2.05) is 4.90 Å². The molecular weight excluding hydrogens is 346 g/mol. The number of amides is 2. The second kappa shape index (κ2) is 7.19. The molecule has 0 radical (unpaired) electrons. The van der Waals surface area contributed by atoms with Crippen LogP contribution in [0.5, 0.6) is 5.75 Å². The first kappa shape index (κ1) is 17.2. The molecule has 0 spiro atoms. The van der Waals surface area contributed by atoms with Crippen molar-refractivity contribution in [3.63, 3.8) is 0 Å². The number of benzene rings is 1. The van der Waals surface area contributed by atoms with Crippen molar-refractivity contribution >= 4 is 29.3 Å². The van der Waals surface area contributed by atoms with Crippen LogP contribution in [-0.2, 0) is 9.59 Å². The summed E-state index contributed by atoms with van der Waals surface area (Å²) in [6.45, 7) is 1.44. The van der Waals surface area contributed by atoms with Crippen molar-refractivity contribution in [3.8, 4) is 5.75 Å². The number of nitrogen functional groups attached to an aromatic ring is 1. The summed E-state index contributed by atoms with van der Waals surface area (Å²) in [6.07, 6.45) is 6.17. The van der Waals surface area contributed by atoms with Gasteiger partial charge in [-0.25, -0.2) is 0 Å². The molecule has 0 unspecified atom stereocenters. The van der Waals surface area contributed by atoms with Gasteiger partial charge >= 0.3 is 0 Å². The van der Waals surface area contributed by atoms with Crippen LogP contribution in [0.15, 0.2) is 46.8 Å². The highest BCUT2D eigenvalue weighted by atomic mass is 16.5. The van der Waals surface area contributed by atoms with Crippen LogP contribution in [0.2, 0.25) is 0 Å². The maximum atomic E-state index is 13.0. The number of anilines is 2. The number of nitrogens with zero attached hydrogens (tertiary/aromatic N) is 2. The molecule has 7 heteroatoms. The Balaban J connectivity index is 1.65. The van der Waals surface area contributed by atoms with E-state index >= 15 is 0 Å². The van der Waals surface area contributed by atoms with E-state index in [1.165, 1.54) is 17.2 Å². The summed E-state index contributed by atoms with van der Waals surface area (Å²) in [5.74, 6) is 0.584. The maximum absolute atomic E-state index is 13.0. The highest BCUT2D eigenvalue weighted by Crippen LogP contribution is 2.37. The summed E-state index contributed by atoms with van der Waals surface area (Å²) in [7, 11) is 0. The summed E-state index contributed by atoms with van der Waals surface area (Å²) in [4.78, 5) is 29.0. The third-order valence-corrected chi connectivity index (χ3v) is 4.77. The molecule has 1 fully saturated rings. The number of carbonyl (C=O) groups is 2. The Labute approximate surface area is 157 Å². The molecule has 2 N–H and O–H groups in total. The molecular formula is C20H21N3O4. The van der Waals surface area contributed by atoms with Gasteiger partial charge < -0.3 is 19.8 Å². The average Bonchev–Trinajstić information content (AvgIpc) is 3.18. The number of fused-ring (bicyclic) bond motifs is 1. The van der Waals surface area contributed by atoms with Crippen LogP contribution >= 0.6 is 0 Å². The van der Waals surface area contributed by atoms with E-state index in [0.29, 0.717) is 22.9 Å². The minimum atomic E-state index is -0.381. The zero-order chi connectivity index (χ0) is 18.8. The first-order chi connectivity index (χ1) is 13.1. The zero-order valence-corrected chi connectivity index (χ0v) is 14.9. The van der Waals surface area contributed by atoms with Gasteiger partial charge in [0.1, 0.15) is 12.3 Å². The molecule has 2 aliphatic heterocycles. The normalized spacial score (nSPS) is 18.4. The standard InChI is InChI=1S/C20H21N3O4/c21-14-6-7-16-17(11-14)27-18(12-15-5-4-10-26-15)20(25)23(16)13-19(24)22-8-2-1-3-9-22/h4-7,10-12H,1-3,8-9,13,21H2/b18-12+. The number of likely N-dealkylation sites (tertiary alicyclic amines) is 1. The van der Waals surface area contributed by atoms with Crippen LogP contribution in [0.4, 0.5) is 11.4 Å². The van der Waals surface area contributed by atoms with Crippen LogP contribution in [0, 0.1) is 0 Å². The topological polar surface area (TPSA) is 89.0 Å². The van der Waals surface area contributed by atoms with Gasteiger partial charge in [-0.1, -0.05) is 0 Å². The van der Waals surface area contributed by atoms with Gasteiger partial charge in [0.2, 0.25) is 5.91 Å². The number of piperidine rings is 1. The third-order valence-electron chi connectivity index (χ3n) is 4.77. The molecule has 140 valence electrons. The lowest BCUT2D eigenvalue weighted by Gasteiger charge is -2.33. The first-order valence-corrected chi connectivity index (χ1v) is 9.04. The predicted molar refractivity (Wildman–Crippen MR) is 101 cm³/mol. The van der Waals surface area contributed by atoms with E-state index in [4.69, 9.17) is 14.9 Å². The van der Waals surface area contributed by atoms with Crippen molar-refractivity contribution in [2.45, 2.75) is 19.3 Å². The van der Waals surface area contributed by atoms with Gasteiger partial charge in [0.05, 0.1) is 12.0 Å². The van der Waals surface area contributed by atoms with Gasteiger partial charge in [0, 0.05) is 30.9 Å². The monoisotopic (exact) mass is 367 g/mol. The molecule has 0 atom stereocenters. The quantitative estimate of drug-likeness (QED) is 0.665. The number of carbonyl (C=O) groups excluding carboxylic acids is 2. The van der Waals surface area contributed by atoms with Crippen molar-refractivity contribution in [2.75, 3.05) is 30.3 Å². The molecule has 0 aliphatic carbocycles. The summed E-state index contributed by atoms with van der Waals surface area (Å²) in [6, 6.07) is 8.49. The Kier molecular flexibility index (Phi) is 4.58. The highest BCUT2D eigenvalue weighted by molar-refractivity contribution is 6.12. The van der Waals surface area contributed by atoms with E-state index in [-0.39, 0.29) is 24.1 Å². The smallest absolute Gasteiger partial charge is 0.294 e.